The highest BCUT2D eigenvalue weighted by Crippen LogP contribution is 2.41. The Labute approximate surface area is 221 Å². The average molecular weight is 511 g/mol. The first-order chi connectivity index (χ1) is 18.5. The van der Waals surface area contributed by atoms with Crippen LogP contribution in [0.1, 0.15) is 16.7 Å². The van der Waals surface area contributed by atoms with Crippen LogP contribution in [0, 0.1) is 0 Å². The third-order valence-corrected chi connectivity index (χ3v) is 6.94. The highest BCUT2D eigenvalue weighted by Gasteiger charge is 2.38. The normalized spacial score (nSPS) is 13.7. The molecule has 1 aliphatic rings. The molecule has 3 aromatic carbocycles. The first-order valence-electron chi connectivity index (χ1n) is 12.5. The minimum Gasteiger partial charge on any atom is -0.465 e. The van der Waals surface area contributed by atoms with E-state index < -0.39 is 11.6 Å². The Morgan fingerprint density at radius 1 is 0.763 bits per heavy atom. The Morgan fingerprint density at radius 3 is 1.66 bits per heavy atom. The number of hydrogen-bond acceptors (Lipinski definition) is 4. The molecule has 0 radical (unpaired) electrons. The van der Waals surface area contributed by atoms with E-state index in [4.69, 9.17) is 0 Å². The molecular weight excluding hydrogens is 480 g/mol. The second-order valence-corrected chi connectivity index (χ2v) is 9.19. The molecule has 1 saturated heterocycles. The molecule has 194 valence electrons. The topological polar surface area (TPSA) is 103 Å². The van der Waals surface area contributed by atoms with Crippen molar-refractivity contribution in [2.45, 2.75) is 5.54 Å². The number of aryl methyl sites for hydroxylation is 1. The van der Waals surface area contributed by atoms with E-state index in [-0.39, 0.29) is 19.1 Å². The number of piperazine rings is 1. The number of carbonyl (C=O) groups is 2. The molecule has 1 aliphatic heterocycles. The summed E-state index contributed by atoms with van der Waals surface area (Å²) in [7, 11) is 1.83. The van der Waals surface area contributed by atoms with Gasteiger partial charge in [-0.1, -0.05) is 91.0 Å². The van der Waals surface area contributed by atoms with Gasteiger partial charge in [0, 0.05) is 33.2 Å². The summed E-state index contributed by atoms with van der Waals surface area (Å²) in [4.78, 5) is 27.3. The zero-order valence-electron chi connectivity index (χ0n) is 21.1. The number of rotatable bonds is 6. The second kappa shape index (κ2) is 10.7. The Hall–Kier alpha value is -4.79. The number of benzene rings is 3. The van der Waals surface area contributed by atoms with E-state index in [0.29, 0.717) is 24.6 Å². The predicted molar refractivity (Wildman–Crippen MR) is 146 cm³/mol. The van der Waals surface area contributed by atoms with Crippen molar-refractivity contribution in [1.29, 1.82) is 0 Å². The fraction of sp³-hybridized carbons (Fsp3) is 0.207. The summed E-state index contributed by atoms with van der Waals surface area (Å²) in [5.41, 5.74) is 2.83. The molecule has 1 fully saturated rings. The fourth-order valence-electron chi connectivity index (χ4n) is 4.93. The number of carboxylic acid groups (broad SMARTS) is 1. The predicted octanol–water partition coefficient (Wildman–Crippen LogP) is 4.65. The van der Waals surface area contributed by atoms with E-state index >= 15 is 0 Å². The van der Waals surface area contributed by atoms with Crippen LogP contribution >= 0.6 is 0 Å². The molecule has 38 heavy (non-hydrogen) atoms. The van der Waals surface area contributed by atoms with Gasteiger partial charge in [-0.25, -0.2) is 9.59 Å². The summed E-state index contributed by atoms with van der Waals surface area (Å²) in [6.07, 6.45) is 0.655. The molecule has 1 aromatic heterocycles. The van der Waals surface area contributed by atoms with Gasteiger partial charge in [0.15, 0.2) is 0 Å². The molecule has 0 atom stereocenters. The third kappa shape index (κ3) is 4.78. The Morgan fingerprint density at radius 2 is 1.21 bits per heavy atom. The number of urea groups is 1. The quantitative estimate of drug-likeness (QED) is 0.328. The second-order valence-electron chi connectivity index (χ2n) is 9.19. The van der Waals surface area contributed by atoms with E-state index in [1.54, 1.807) is 15.8 Å². The van der Waals surface area contributed by atoms with Crippen LogP contribution in [0.4, 0.5) is 21.1 Å². The first-order valence-corrected chi connectivity index (χ1v) is 12.5. The summed E-state index contributed by atoms with van der Waals surface area (Å²) in [6, 6.07) is 30.3. The van der Waals surface area contributed by atoms with Gasteiger partial charge >= 0.3 is 12.1 Å². The van der Waals surface area contributed by atoms with E-state index in [1.807, 2.05) is 61.6 Å². The fourth-order valence-corrected chi connectivity index (χ4v) is 4.93. The zero-order valence-corrected chi connectivity index (χ0v) is 21.1. The number of carbonyl (C=O) groups excluding carboxylic acids is 1. The molecule has 0 bridgehead atoms. The molecule has 0 saturated carbocycles. The van der Waals surface area contributed by atoms with Gasteiger partial charge in [-0.3, -0.25) is 4.68 Å². The lowest BCUT2D eigenvalue weighted by Crippen LogP contribution is -2.51. The summed E-state index contributed by atoms with van der Waals surface area (Å²) >= 11 is 0. The van der Waals surface area contributed by atoms with Gasteiger partial charge < -0.3 is 25.5 Å². The van der Waals surface area contributed by atoms with Gasteiger partial charge in [-0.05, 0) is 16.7 Å². The maximum absolute atomic E-state index is 13.2. The van der Waals surface area contributed by atoms with Crippen molar-refractivity contribution in [2.75, 3.05) is 36.8 Å². The first kappa shape index (κ1) is 24.9. The SMILES string of the molecule is Cn1ncc(NC(=O)N2CCN(C(=O)O)CC2)c1NC(c1ccccc1)(c1ccccc1)c1ccccc1. The minimum absolute atomic E-state index is 0.278. The number of nitrogens with one attached hydrogen (secondary N) is 2. The van der Waals surface area contributed by atoms with Gasteiger partial charge in [0.2, 0.25) is 0 Å². The molecule has 2 heterocycles. The van der Waals surface area contributed by atoms with Crippen molar-refractivity contribution < 1.29 is 14.7 Å². The van der Waals surface area contributed by atoms with Crippen LogP contribution in [0.3, 0.4) is 0 Å². The number of nitrogens with zero attached hydrogens (tertiary/aromatic N) is 4. The smallest absolute Gasteiger partial charge is 0.407 e. The van der Waals surface area contributed by atoms with E-state index in [1.165, 1.54) is 4.90 Å². The van der Waals surface area contributed by atoms with Crippen molar-refractivity contribution >= 4 is 23.6 Å². The van der Waals surface area contributed by atoms with E-state index in [2.05, 4.69) is 52.1 Å². The molecule has 3 N–H and O–H groups in total. The lowest BCUT2D eigenvalue weighted by molar-refractivity contribution is 0.115. The van der Waals surface area contributed by atoms with Crippen molar-refractivity contribution in [3.8, 4) is 0 Å². The molecule has 9 nitrogen and oxygen atoms in total. The van der Waals surface area contributed by atoms with Gasteiger partial charge in [0.25, 0.3) is 0 Å². The van der Waals surface area contributed by atoms with Crippen molar-refractivity contribution in [1.82, 2.24) is 19.6 Å². The van der Waals surface area contributed by atoms with Crippen LogP contribution in [0.25, 0.3) is 0 Å². The van der Waals surface area contributed by atoms with Crippen LogP contribution in [0.15, 0.2) is 97.2 Å². The van der Waals surface area contributed by atoms with Crippen LogP contribution in [0.5, 0.6) is 0 Å². The number of anilines is 2. The summed E-state index contributed by atoms with van der Waals surface area (Å²) in [5.74, 6) is 0.638. The highest BCUT2D eigenvalue weighted by molar-refractivity contribution is 5.92. The Balaban J connectivity index is 1.53. The largest absolute Gasteiger partial charge is 0.465 e. The van der Waals surface area contributed by atoms with Crippen molar-refractivity contribution in [3.05, 3.63) is 114 Å². The molecule has 5 rings (SSSR count). The zero-order chi connectivity index (χ0) is 26.5. The van der Waals surface area contributed by atoms with E-state index in [0.717, 1.165) is 16.7 Å². The van der Waals surface area contributed by atoms with Crippen molar-refractivity contribution in [3.63, 3.8) is 0 Å². The van der Waals surface area contributed by atoms with Crippen molar-refractivity contribution in [2.24, 2.45) is 7.05 Å². The molecule has 0 spiro atoms. The van der Waals surface area contributed by atoms with Crippen LogP contribution in [-0.4, -0.2) is 63.0 Å². The number of amides is 3. The van der Waals surface area contributed by atoms with Gasteiger partial charge in [-0.15, -0.1) is 0 Å². The monoisotopic (exact) mass is 510 g/mol. The molecule has 0 aliphatic carbocycles. The molecule has 9 heteroatoms. The number of hydrogen-bond donors (Lipinski definition) is 3. The van der Waals surface area contributed by atoms with Crippen LogP contribution < -0.4 is 10.6 Å². The Bertz CT molecular complexity index is 1290. The minimum atomic E-state index is -0.970. The summed E-state index contributed by atoms with van der Waals surface area (Å²) < 4.78 is 1.71. The lowest BCUT2D eigenvalue weighted by Gasteiger charge is -2.38. The lowest BCUT2D eigenvalue weighted by atomic mass is 9.77. The van der Waals surface area contributed by atoms with Gasteiger partial charge in [0.05, 0.1) is 6.20 Å². The maximum atomic E-state index is 13.2. The van der Waals surface area contributed by atoms with Crippen LogP contribution in [0.2, 0.25) is 0 Å². The highest BCUT2D eigenvalue weighted by atomic mass is 16.4. The molecule has 4 aromatic rings. The van der Waals surface area contributed by atoms with E-state index in [9.17, 15) is 14.7 Å². The summed E-state index contributed by atoms with van der Waals surface area (Å²) in [5, 5.41) is 20.4. The standard InChI is InChI=1S/C29H30N6O3/c1-33-26(25(21-30-33)31-27(36)34-17-19-35(20-18-34)28(37)38)32-29(22-11-5-2-6-12-22,23-13-7-3-8-14-23)24-15-9-4-10-16-24/h2-16,21,32H,17-20H2,1H3,(H,31,36)(H,37,38). The average Bonchev–Trinajstić information content (AvgIpc) is 3.31. The maximum Gasteiger partial charge on any atom is 0.407 e. The summed E-state index contributed by atoms with van der Waals surface area (Å²) in [6.45, 7) is 1.20. The third-order valence-electron chi connectivity index (χ3n) is 6.94. The molecule has 0 unspecified atom stereocenters. The Kier molecular flexibility index (Phi) is 6.99. The van der Waals surface area contributed by atoms with Gasteiger partial charge in [-0.2, -0.15) is 5.10 Å². The van der Waals surface area contributed by atoms with Crippen LogP contribution in [-0.2, 0) is 12.6 Å². The molecular formula is C29H30N6O3. The number of aromatic nitrogens is 2. The molecule has 3 amide bonds. The van der Waals surface area contributed by atoms with Gasteiger partial charge in [0.1, 0.15) is 17.0 Å².